The Hall–Kier alpha value is -2.75. The van der Waals surface area contributed by atoms with Crippen LogP contribution >= 0.6 is 11.6 Å². The molecule has 0 unspecified atom stereocenters. The summed E-state index contributed by atoms with van der Waals surface area (Å²) in [6.07, 6.45) is 1.88. The van der Waals surface area contributed by atoms with Gasteiger partial charge in [0.15, 0.2) is 0 Å². The van der Waals surface area contributed by atoms with Crippen molar-refractivity contribution >= 4 is 33.5 Å². The maximum absolute atomic E-state index is 12.9. The smallest absolute Gasteiger partial charge is 0.322 e. The summed E-state index contributed by atoms with van der Waals surface area (Å²) >= 11 is 6.12. The second-order valence-electron chi connectivity index (χ2n) is 7.48. The number of aromatic nitrogens is 2. The van der Waals surface area contributed by atoms with Crippen molar-refractivity contribution < 1.29 is 17.6 Å². The zero-order valence-corrected chi connectivity index (χ0v) is 18.4. The first kappa shape index (κ1) is 21.5. The molecule has 0 spiro atoms. The molecule has 10 heteroatoms. The Labute approximate surface area is 185 Å². The van der Waals surface area contributed by atoms with Crippen LogP contribution in [0.25, 0.3) is 11.5 Å². The lowest BCUT2D eigenvalue weighted by molar-refractivity contribution is 0.102. The van der Waals surface area contributed by atoms with E-state index < -0.39 is 15.9 Å². The summed E-state index contributed by atoms with van der Waals surface area (Å²) in [5, 5.41) is 10.7. The third-order valence-corrected chi connectivity index (χ3v) is 7.33. The molecule has 1 saturated heterocycles. The fourth-order valence-corrected chi connectivity index (χ4v) is 5.29. The van der Waals surface area contributed by atoms with Crippen LogP contribution < -0.4 is 5.32 Å². The van der Waals surface area contributed by atoms with Gasteiger partial charge in [0, 0.05) is 18.7 Å². The predicted octanol–water partition coefficient (Wildman–Crippen LogP) is 4.06. The molecule has 4 rings (SSSR count). The Morgan fingerprint density at radius 1 is 1.16 bits per heavy atom. The van der Waals surface area contributed by atoms with Gasteiger partial charge in [0.2, 0.25) is 10.0 Å². The van der Waals surface area contributed by atoms with Gasteiger partial charge < -0.3 is 4.42 Å². The topological polar surface area (TPSA) is 105 Å². The Balaban J connectivity index is 1.46. The molecular weight excluding hydrogens is 440 g/mol. The van der Waals surface area contributed by atoms with E-state index in [0.717, 1.165) is 12.8 Å². The van der Waals surface area contributed by atoms with Gasteiger partial charge >= 0.3 is 6.01 Å². The summed E-state index contributed by atoms with van der Waals surface area (Å²) in [6, 6.07) is 12.7. The van der Waals surface area contributed by atoms with E-state index in [9.17, 15) is 13.2 Å². The molecule has 1 aliphatic rings. The van der Waals surface area contributed by atoms with Gasteiger partial charge in [-0.3, -0.25) is 10.1 Å². The van der Waals surface area contributed by atoms with Crippen molar-refractivity contribution in [1.82, 2.24) is 14.5 Å². The minimum Gasteiger partial charge on any atom is -0.403 e. The molecule has 3 aromatic rings. The molecule has 1 N–H and O–H groups in total. The minimum absolute atomic E-state index is 0.0843. The maximum Gasteiger partial charge on any atom is 0.322 e. The number of hydrogen-bond donors (Lipinski definition) is 1. The Morgan fingerprint density at radius 3 is 2.61 bits per heavy atom. The number of carbonyl (C=O) groups is 1. The van der Waals surface area contributed by atoms with Crippen molar-refractivity contribution in [3.05, 3.63) is 59.1 Å². The fourth-order valence-electron chi connectivity index (χ4n) is 3.48. The van der Waals surface area contributed by atoms with E-state index in [0.29, 0.717) is 29.6 Å². The molecule has 0 saturated carbocycles. The molecule has 0 radical (unpaired) electrons. The third-order valence-electron chi connectivity index (χ3n) is 5.12. The van der Waals surface area contributed by atoms with Crippen molar-refractivity contribution in [3.63, 3.8) is 0 Å². The number of hydrogen-bond acceptors (Lipinski definition) is 6. The summed E-state index contributed by atoms with van der Waals surface area (Å²) in [6.45, 7) is 3.07. The number of sulfonamides is 1. The summed E-state index contributed by atoms with van der Waals surface area (Å²) in [4.78, 5) is 12.7. The van der Waals surface area contributed by atoms with Crippen LogP contribution in [0.4, 0.5) is 6.01 Å². The summed E-state index contributed by atoms with van der Waals surface area (Å²) in [5.41, 5.74) is 0.821. The molecule has 1 aromatic heterocycles. The van der Waals surface area contributed by atoms with Gasteiger partial charge in [-0.15, -0.1) is 5.10 Å². The number of benzene rings is 2. The molecule has 1 aliphatic heterocycles. The summed E-state index contributed by atoms with van der Waals surface area (Å²) in [7, 11) is -3.58. The molecule has 0 aliphatic carbocycles. The minimum atomic E-state index is -3.58. The van der Waals surface area contributed by atoms with E-state index in [1.54, 1.807) is 24.3 Å². The van der Waals surface area contributed by atoms with Crippen molar-refractivity contribution in [3.8, 4) is 11.5 Å². The largest absolute Gasteiger partial charge is 0.403 e. The monoisotopic (exact) mass is 460 g/mol. The molecule has 1 amide bonds. The molecule has 1 atom stereocenters. The highest BCUT2D eigenvalue weighted by Gasteiger charge is 2.28. The van der Waals surface area contributed by atoms with Crippen LogP contribution in [0.3, 0.4) is 0 Å². The number of rotatable bonds is 5. The van der Waals surface area contributed by atoms with Crippen molar-refractivity contribution in [1.29, 1.82) is 0 Å². The SMILES string of the molecule is C[C@H]1CCCN(S(=O)(=O)c2ccc(C(=O)Nc3nnc(-c4ccccc4Cl)o3)cc2)C1. The van der Waals surface area contributed by atoms with Gasteiger partial charge in [-0.1, -0.05) is 35.8 Å². The first-order chi connectivity index (χ1) is 14.8. The fraction of sp³-hybridized carbons (Fsp3) is 0.286. The van der Waals surface area contributed by atoms with Gasteiger partial charge in [-0.2, -0.15) is 4.31 Å². The molecule has 2 aromatic carbocycles. The van der Waals surface area contributed by atoms with Crippen molar-refractivity contribution in [2.45, 2.75) is 24.7 Å². The average molecular weight is 461 g/mol. The number of carbonyl (C=O) groups excluding carboxylic acids is 1. The number of nitrogens with one attached hydrogen (secondary N) is 1. The van der Waals surface area contributed by atoms with Crippen LogP contribution in [0.5, 0.6) is 0 Å². The van der Waals surface area contributed by atoms with Crippen LogP contribution in [0, 0.1) is 5.92 Å². The van der Waals surface area contributed by atoms with Crippen LogP contribution in [0.2, 0.25) is 5.02 Å². The number of piperidine rings is 1. The molecule has 162 valence electrons. The lowest BCUT2D eigenvalue weighted by Gasteiger charge is -2.30. The van der Waals surface area contributed by atoms with E-state index in [2.05, 4.69) is 15.5 Å². The van der Waals surface area contributed by atoms with E-state index in [4.69, 9.17) is 16.0 Å². The standard InChI is InChI=1S/C21H21ClN4O4S/c1-14-5-4-12-26(13-14)31(28,29)16-10-8-15(9-11-16)19(27)23-21-25-24-20(30-21)17-6-2-3-7-18(17)22/h2-3,6-11,14H,4-5,12-13H2,1H3,(H,23,25,27)/t14-/m0/s1. The van der Waals surface area contributed by atoms with Crippen LogP contribution in [-0.2, 0) is 10.0 Å². The van der Waals surface area contributed by atoms with E-state index in [1.165, 1.54) is 28.6 Å². The summed E-state index contributed by atoms with van der Waals surface area (Å²) in [5.74, 6) is 0.0154. The predicted molar refractivity (Wildman–Crippen MR) is 116 cm³/mol. The maximum atomic E-state index is 12.9. The van der Waals surface area contributed by atoms with E-state index in [-0.39, 0.29) is 22.4 Å². The molecule has 8 nitrogen and oxygen atoms in total. The van der Waals surface area contributed by atoms with Gasteiger partial charge in [0.1, 0.15) is 0 Å². The number of halogens is 1. The third kappa shape index (κ3) is 4.63. The second-order valence-corrected chi connectivity index (χ2v) is 9.83. The molecule has 1 fully saturated rings. The second kappa shape index (κ2) is 8.78. The number of nitrogens with zero attached hydrogens (tertiary/aromatic N) is 3. The lowest BCUT2D eigenvalue weighted by Crippen LogP contribution is -2.39. The van der Waals surface area contributed by atoms with Crippen molar-refractivity contribution in [2.75, 3.05) is 18.4 Å². The normalized spacial score (nSPS) is 17.4. The highest BCUT2D eigenvalue weighted by molar-refractivity contribution is 7.89. The summed E-state index contributed by atoms with van der Waals surface area (Å²) < 4.78 is 32.7. The zero-order chi connectivity index (χ0) is 22.0. The van der Waals surface area contributed by atoms with Crippen LogP contribution in [0.15, 0.2) is 57.8 Å². The lowest BCUT2D eigenvalue weighted by atomic mass is 10.0. The van der Waals surface area contributed by atoms with Crippen LogP contribution in [0.1, 0.15) is 30.1 Å². The van der Waals surface area contributed by atoms with Crippen LogP contribution in [-0.4, -0.2) is 41.9 Å². The molecule has 31 heavy (non-hydrogen) atoms. The van der Waals surface area contributed by atoms with Gasteiger partial charge in [-0.25, -0.2) is 8.42 Å². The number of amides is 1. The molecular formula is C21H21ClN4O4S. The zero-order valence-electron chi connectivity index (χ0n) is 16.8. The van der Waals surface area contributed by atoms with Crippen molar-refractivity contribution in [2.24, 2.45) is 5.92 Å². The Bertz CT molecular complexity index is 1190. The Kier molecular flexibility index (Phi) is 6.08. The van der Waals surface area contributed by atoms with Gasteiger partial charge in [-0.05, 0) is 55.2 Å². The average Bonchev–Trinajstić information content (AvgIpc) is 3.22. The highest BCUT2D eigenvalue weighted by Crippen LogP contribution is 2.27. The highest BCUT2D eigenvalue weighted by atomic mass is 35.5. The van der Waals surface area contributed by atoms with Gasteiger partial charge in [0.25, 0.3) is 11.8 Å². The van der Waals surface area contributed by atoms with E-state index >= 15 is 0 Å². The molecule has 0 bridgehead atoms. The van der Waals surface area contributed by atoms with Gasteiger partial charge in [0.05, 0.1) is 15.5 Å². The first-order valence-corrected chi connectivity index (χ1v) is 11.7. The number of anilines is 1. The quantitative estimate of drug-likeness (QED) is 0.615. The first-order valence-electron chi connectivity index (χ1n) is 9.84. The molecule has 2 heterocycles. The Morgan fingerprint density at radius 2 is 1.90 bits per heavy atom. The van der Waals surface area contributed by atoms with E-state index in [1.807, 2.05) is 6.92 Å².